The smallest absolute Gasteiger partial charge is 0.313 e. The number of nitrogens with zero attached hydrogens (tertiary/aromatic N) is 1. The minimum Gasteiger partial charge on any atom is -0.313 e. The van der Waals surface area contributed by atoms with Gasteiger partial charge in [0.1, 0.15) is 0 Å². The molecule has 0 radical (unpaired) electrons. The van der Waals surface area contributed by atoms with Crippen molar-refractivity contribution in [2.45, 2.75) is 58.2 Å². The average Bonchev–Trinajstić information content (AvgIpc) is 2.23. The van der Waals surface area contributed by atoms with Gasteiger partial charge in [-0.25, -0.2) is 0 Å². The Morgan fingerprint density at radius 2 is 1.88 bits per heavy atom. The van der Waals surface area contributed by atoms with Crippen LogP contribution in [0, 0.1) is 17.2 Å². The summed E-state index contributed by atoms with van der Waals surface area (Å²) < 4.78 is 36.8. The molecule has 0 spiro atoms. The zero-order valence-electron chi connectivity index (χ0n) is 10.5. The molecule has 0 saturated heterocycles. The first-order chi connectivity index (χ1) is 7.91. The Labute approximate surface area is 101 Å². The van der Waals surface area contributed by atoms with E-state index in [0.717, 1.165) is 32.1 Å². The summed E-state index contributed by atoms with van der Waals surface area (Å²) in [5.41, 5.74) is 0. The third-order valence-electron chi connectivity index (χ3n) is 2.71. The predicted octanol–water partition coefficient (Wildman–Crippen LogP) is 3.64. The Kier molecular flexibility index (Phi) is 7.98. The van der Waals surface area contributed by atoms with Gasteiger partial charge in [-0.2, -0.15) is 18.4 Å². The van der Waals surface area contributed by atoms with Crippen molar-refractivity contribution in [3.63, 3.8) is 0 Å². The lowest BCUT2D eigenvalue weighted by molar-refractivity contribution is -0.157. The maximum Gasteiger partial charge on any atom is 0.405 e. The normalized spacial score (nSPS) is 15.3. The number of nitriles is 1. The fourth-order valence-electron chi connectivity index (χ4n) is 1.53. The van der Waals surface area contributed by atoms with E-state index in [-0.39, 0.29) is 12.6 Å². The summed E-state index contributed by atoms with van der Waals surface area (Å²) in [4.78, 5) is 0. The van der Waals surface area contributed by atoms with E-state index in [2.05, 4.69) is 12.2 Å². The van der Waals surface area contributed by atoms with Crippen molar-refractivity contribution in [1.29, 1.82) is 5.26 Å². The lowest BCUT2D eigenvalue weighted by atomic mass is 10.1. The summed E-state index contributed by atoms with van der Waals surface area (Å²) in [6, 6.07) is 1.32. The molecule has 2 nitrogen and oxygen atoms in total. The molecule has 0 aromatic carbocycles. The van der Waals surface area contributed by atoms with Crippen LogP contribution in [0.25, 0.3) is 0 Å². The minimum absolute atomic E-state index is 0.0325. The van der Waals surface area contributed by atoms with Gasteiger partial charge in [0.2, 0.25) is 0 Å². The lowest BCUT2D eigenvalue weighted by Gasteiger charge is -2.18. The summed E-state index contributed by atoms with van der Waals surface area (Å²) in [5.74, 6) is -1.90. The third kappa shape index (κ3) is 8.03. The number of alkyl halides is 3. The van der Waals surface area contributed by atoms with Crippen molar-refractivity contribution < 1.29 is 13.2 Å². The molecule has 0 heterocycles. The molecule has 0 amide bonds. The van der Waals surface area contributed by atoms with Gasteiger partial charge in [0, 0.05) is 12.6 Å². The van der Waals surface area contributed by atoms with Crippen LogP contribution in [-0.2, 0) is 0 Å². The molecule has 0 aliphatic carbocycles. The van der Waals surface area contributed by atoms with Gasteiger partial charge >= 0.3 is 6.18 Å². The fraction of sp³-hybridized carbons (Fsp3) is 0.917. The molecular weight excluding hydrogens is 229 g/mol. The number of halogens is 3. The molecule has 5 heteroatoms. The zero-order valence-corrected chi connectivity index (χ0v) is 10.5. The summed E-state index contributed by atoms with van der Waals surface area (Å²) in [6.45, 7) is 3.66. The number of unbranched alkanes of at least 4 members (excludes halogenated alkanes) is 3. The molecular formula is C12H21F3N2. The van der Waals surface area contributed by atoms with Gasteiger partial charge < -0.3 is 5.32 Å². The molecule has 0 aliphatic heterocycles. The van der Waals surface area contributed by atoms with E-state index in [1.54, 1.807) is 0 Å². The first-order valence-electron chi connectivity index (χ1n) is 6.11. The Morgan fingerprint density at radius 1 is 1.24 bits per heavy atom. The molecule has 17 heavy (non-hydrogen) atoms. The topological polar surface area (TPSA) is 35.8 Å². The molecule has 2 atom stereocenters. The van der Waals surface area contributed by atoms with Gasteiger partial charge in [0.15, 0.2) is 5.92 Å². The highest BCUT2D eigenvalue weighted by atomic mass is 19.4. The van der Waals surface area contributed by atoms with E-state index >= 15 is 0 Å². The van der Waals surface area contributed by atoms with E-state index in [4.69, 9.17) is 5.26 Å². The average molecular weight is 250 g/mol. The van der Waals surface area contributed by atoms with E-state index in [0.29, 0.717) is 0 Å². The molecule has 0 aliphatic rings. The van der Waals surface area contributed by atoms with Gasteiger partial charge in [0.25, 0.3) is 0 Å². The second-order valence-electron chi connectivity index (χ2n) is 4.38. The van der Waals surface area contributed by atoms with E-state index in [1.165, 1.54) is 6.07 Å². The molecule has 0 saturated carbocycles. The first kappa shape index (κ1) is 16.2. The monoisotopic (exact) mass is 250 g/mol. The Hall–Kier alpha value is -0.760. The number of nitrogens with one attached hydrogen (secondary N) is 1. The molecule has 0 aromatic heterocycles. The molecule has 0 aromatic rings. The molecule has 0 bridgehead atoms. The van der Waals surface area contributed by atoms with Crippen molar-refractivity contribution in [3.05, 3.63) is 0 Å². The first-order valence-corrected chi connectivity index (χ1v) is 6.11. The van der Waals surface area contributed by atoms with Gasteiger partial charge in [-0.15, -0.1) is 0 Å². The van der Waals surface area contributed by atoms with Crippen LogP contribution < -0.4 is 5.32 Å². The lowest BCUT2D eigenvalue weighted by Crippen LogP contribution is -2.36. The summed E-state index contributed by atoms with van der Waals surface area (Å²) in [7, 11) is 0. The second kappa shape index (κ2) is 8.35. The Morgan fingerprint density at radius 3 is 2.35 bits per heavy atom. The van der Waals surface area contributed by atoms with Crippen LogP contribution in [0.15, 0.2) is 0 Å². The molecule has 100 valence electrons. The van der Waals surface area contributed by atoms with E-state index < -0.39 is 12.1 Å². The highest BCUT2D eigenvalue weighted by Crippen LogP contribution is 2.25. The van der Waals surface area contributed by atoms with Gasteiger partial charge in [-0.3, -0.25) is 0 Å². The minimum atomic E-state index is -4.43. The molecule has 1 N–H and O–H groups in total. The highest BCUT2D eigenvalue weighted by Gasteiger charge is 2.39. The largest absolute Gasteiger partial charge is 0.405 e. The summed E-state index contributed by atoms with van der Waals surface area (Å²) in [6.07, 6.45) is 0.872. The van der Waals surface area contributed by atoms with Crippen molar-refractivity contribution in [3.8, 4) is 6.07 Å². The SMILES string of the molecule is CCCCCCC(C)NCC(C#N)C(F)(F)F. The van der Waals surface area contributed by atoms with Crippen LogP contribution in [-0.4, -0.2) is 18.8 Å². The zero-order chi connectivity index (χ0) is 13.3. The third-order valence-corrected chi connectivity index (χ3v) is 2.71. The Balaban J connectivity index is 3.75. The maximum absolute atomic E-state index is 12.3. The molecule has 2 unspecified atom stereocenters. The van der Waals surface area contributed by atoms with Crippen LogP contribution in [0.2, 0.25) is 0 Å². The van der Waals surface area contributed by atoms with Gasteiger partial charge in [0.05, 0.1) is 6.07 Å². The van der Waals surface area contributed by atoms with Gasteiger partial charge in [-0.05, 0) is 13.3 Å². The summed E-state index contributed by atoms with van der Waals surface area (Å²) in [5, 5.41) is 11.2. The Bertz CT molecular complexity index is 233. The van der Waals surface area contributed by atoms with Crippen molar-refractivity contribution in [2.75, 3.05) is 6.54 Å². The number of hydrogen-bond acceptors (Lipinski definition) is 2. The van der Waals surface area contributed by atoms with Crippen molar-refractivity contribution in [1.82, 2.24) is 5.32 Å². The van der Waals surface area contributed by atoms with Crippen molar-refractivity contribution in [2.24, 2.45) is 5.92 Å². The highest BCUT2D eigenvalue weighted by molar-refractivity contribution is 4.90. The van der Waals surface area contributed by atoms with Crippen molar-refractivity contribution >= 4 is 0 Å². The van der Waals surface area contributed by atoms with Crippen LogP contribution in [0.1, 0.15) is 46.0 Å². The van der Waals surface area contributed by atoms with Crippen LogP contribution in [0.5, 0.6) is 0 Å². The van der Waals surface area contributed by atoms with Crippen LogP contribution in [0.4, 0.5) is 13.2 Å². The van der Waals surface area contributed by atoms with E-state index in [1.807, 2.05) is 6.92 Å². The van der Waals surface area contributed by atoms with Crippen LogP contribution in [0.3, 0.4) is 0 Å². The van der Waals surface area contributed by atoms with Crippen LogP contribution >= 0.6 is 0 Å². The molecule has 0 rings (SSSR count). The van der Waals surface area contributed by atoms with E-state index in [9.17, 15) is 13.2 Å². The quantitative estimate of drug-likeness (QED) is 0.668. The number of rotatable bonds is 8. The predicted molar refractivity (Wildman–Crippen MR) is 61.4 cm³/mol. The molecule has 0 fully saturated rings. The fourth-order valence-corrected chi connectivity index (χ4v) is 1.53. The summed E-state index contributed by atoms with van der Waals surface area (Å²) >= 11 is 0. The second-order valence-corrected chi connectivity index (χ2v) is 4.38. The standard InChI is InChI=1S/C12H21F3N2/c1-3-4-5-6-7-10(2)17-9-11(8-16)12(13,14)15/h10-11,17H,3-7,9H2,1-2H3. The number of hydrogen-bond donors (Lipinski definition) is 1. The maximum atomic E-state index is 12.3. The van der Waals surface area contributed by atoms with Gasteiger partial charge in [-0.1, -0.05) is 32.6 Å².